The lowest BCUT2D eigenvalue weighted by Gasteiger charge is -2.08. The van der Waals surface area contributed by atoms with Crippen LogP contribution in [0.1, 0.15) is 22.5 Å². The van der Waals surface area contributed by atoms with E-state index >= 15 is 0 Å². The van der Waals surface area contributed by atoms with Crippen LogP contribution in [-0.2, 0) is 0 Å². The zero-order chi connectivity index (χ0) is 18.8. The van der Waals surface area contributed by atoms with E-state index < -0.39 is 0 Å². The Bertz CT molecular complexity index is 871. The molecule has 2 amide bonds. The summed E-state index contributed by atoms with van der Waals surface area (Å²) in [6.45, 7) is 7.46. The standard InChI is InChI=1S/C18H20N6O2/c1-11-9-23(21-13(11)3)17(25)19-15-6-5-7-16(8-15)20-18(26)24-10-12(2)14(4)22-24/h5-10H,1-4H3,(H,19,25)(H,20,26). The van der Waals surface area contributed by atoms with Crippen LogP contribution in [0.3, 0.4) is 0 Å². The Morgan fingerprint density at radius 2 is 1.23 bits per heavy atom. The molecule has 2 aromatic heterocycles. The van der Waals surface area contributed by atoms with Crippen molar-refractivity contribution in [2.75, 3.05) is 10.6 Å². The molecule has 3 aromatic rings. The molecule has 8 nitrogen and oxygen atoms in total. The zero-order valence-electron chi connectivity index (χ0n) is 15.1. The number of hydrogen-bond acceptors (Lipinski definition) is 4. The number of nitrogens with one attached hydrogen (secondary N) is 2. The number of anilines is 2. The Morgan fingerprint density at radius 1 is 0.808 bits per heavy atom. The highest BCUT2D eigenvalue weighted by Crippen LogP contribution is 2.16. The summed E-state index contributed by atoms with van der Waals surface area (Å²) in [5.41, 5.74) is 4.56. The summed E-state index contributed by atoms with van der Waals surface area (Å²) in [7, 11) is 0. The van der Waals surface area contributed by atoms with Crippen LogP contribution < -0.4 is 10.6 Å². The fourth-order valence-corrected chi connectivity index (χ4v) is 2.34. The Balaban J connectivity index is 1.71. The van der Waals surface area contributed by atoms with Crippen LogP contribution in [0.15, 0.2) is 36.7 Å². The van der Waals surface area contributed by atoms with E-state index in [0.717, 1.165) is 22.5 Å². The minimum Gasteiger partial charge on any atom is -0.306 e. The van der Waals surface area contributed by atoms with Gasteiger partial charge in [-0.3, -0.25) is 0 Å². The molecule has 2 N–H and O–H groups in total. The number of amides is 2. The maximum atomic E-state index is 12.3. The number of carbonyl (C=O) groups excluding carboxylic acids is 2. The number of aryl methyl sites for hydroxylation is 4. The van der Waals surface area contributed by atoms with Crippen molar-refractivity contribution in [2.24, 2.45) is 0 Å². The van der Waals surface area contributed by atoms with Gasteiger partial charge in [0, 0.05) is 23.8 Å². The lowest BCUT2D eigenvalue weighted by atomic mass is 10.3. The molecule has 26 heavy (non-hydrogen) atoms. The van der Waals surface area contributed by atoms with Crippen molar-refractivity contribution >= 4 is 23.4 Å². The molecule has 134 valence electrons. The number of nitrogens with zero attached hydrogens (tertiary/aromatic N) is 4. The number of benzene rings is 1. The van der Waals surface area contributed by atoms with E-state index in [9.17, 15) is 9.59 Å². The molecule has 1 aromatic carbocycles. The van der Waals surface area contributed by atoms with E-state index in [-0.39, 0.29) is 12.1 Å². The summed E-state index contributed by atoms with van der Waals surface area (Å²) in [6, 6.07) is 6.14. The number of aromatic nitrogens is 4. The summed E-state index contributed by atoms with van der Waals surface area (Å²) in [6.07, 6.45) is 3.33. The fourth-order valence-electron chi connectivity index (χ4n) is 2.34. The van der Waals surface area contributed by atoms with E-state index in [1.807, 2.05) is 27.7 Å². The van der Waals surface area contributed by atoms with E-state index in [0.29, 0.717) is 11.4 Å². The van der Waals surface area contributed by atoms with Gasteiger partial charge in [0.1, 0.15) is 0 Å². The third kappa shape index (κ3) is 3.64. The minimum absolute atomic E-state index is 0.372. The first-order valence-corrected chi connectivity index (χ1v) is 8.12. The molecule has 0 bridgehead atoms. The predicted octanol–water partition coefficient (Wildman–Crippen LogP) is 3.47. The van der Waals surface area contributed by atoms with Crippen LogP contribution in [0.5, 0.6) is 0 Å². The second kappa shape index (κ2) is 6.83. The highest BCUT2D eigenvalue weighted by atomic mass is 16.2. The molecule has 2 heterocycles. The van der Waals surface area contributed by atoms with Gasteiger partial charge in [-0.15, -0.1) is 0 Å². The van der Waals surface area contributed by atoms with Gasteiger partial charge < -0.3 is 10.6 Å². The van der Waals surface area contributed by atoms with Gasteiger partial charge in [-0.2, -0.15) is 19.6 Å². The fraction of sp³-hybridized carbons (Fsp3) is 0.222. The van der Waals surface area contributed by atoms with E-state index in [2.05, 4.69) is 20.8 Å². The van der Waals surface area contributed by atoms with Crippen LogP contribution in [0.4, 0.5) is 21.0 Å². The molecule has 0 saturated heterocycles. The molecule has 0 unspecified atom stereocenters. The molecular weight excluding hydrogens is 332 g/mol. The highest BCUT2D eigenvalue weighted by Gasteiger charge is 2.11. The van der Waals surface area contributed by atoms with Gasteiger partial charge in [0.05, 0.1) is 11.4 Å². The number of rotatable bonds is 2. The lowest BCUT2D eigenvalue weighted by Crippen LogP contribution is -2.21. The molecule has 0 aliphatic carbocycles. The van der Waals surface area contributed by atoms with Crippen molar-refractivity contribution in [3.05, 3.63) is 59.2 Å². The Hall–Kier alpha value is -3.42. The Kier molecular flexibility index (Phi) is 4.57. The van der Waals surface area contributed by atoms with Crippen LogP contribution in [0, 0.1) is 27.7 Å². The molecule has 3 rings (SSSR count). The second-order valence-electron chi connectivity index (χ2n) is 6.13. The van der Waals surface area contributed by atoms with Gasteiger partial charge in [0.15, 0.2) is 0 Å². The van der Waals surface area contributed by atoms with Crippen molar-refractivity contribution < 1.29 is 9.59 Å². The average molecular weight is 352 g/mol. The van der Waals surface area contributed by atoms with Gasteiger partial charge in [0.25, 0.3) is 0 Å². The number of hydrogen-bond donors (Lipinski definition) is 2. The quantitative estimate of drug-likeness (QED) is 0.738. The Labute approximate surface area is 150 Å². The van der Waals surface area contributed by atoms with Gasteiger partial charge in [0.2, 0.25) is 0 Å². The van der Waals surface area contributed by atoms with Crippen LogP contribution in [-0.4, -0.2) is 31.6 Å². The average Bonchev–Trinajstić information content (AvgIpc) is 3.10. The normalized spacial score (nSPS) is 10.6. The summed E-state index contributed by atoms with van der Waals surface area (Å²) in [4.78, 5) is 24.5. The van der Waals surface area contributed by atoms with Gasteiger partial charge >= 0.3 is 12.1 Å². The molecule has 0 radical (unpaired) electrons. The molecule has 0 fully saturated rings. The smallest absolute Gasteiger partial charge is 0.306 e. The largest absolute Gasteiger partial charge is 0.346 e. The Morgan fingerprint density at radius 3 is 1.58 bits per heavy atom. The molecule has 0 spiro atoms. The topological polar surface area (TPSA) is 93.8 Å². The molecular formula is C18H20N6O2. The first-order chi connectivity index (χ1) is 12.3. The molecule has 0 atom stereocenters. The van der Waals surface area contributed by atoms with Crippen LogP contribution in [0.2, 0.25) is 0 Å². The van der Waals surface area contributed by atoms with E-state index in [1.165, 1.54) is 9.36 Å². The van der Waals surface area contributed by atoms with Gasteiger partial charge in [-0.1, -0.05) is 6.07 Å². The van der Waals surface area contributed by atoms with Gasteiger partial charge in [-0.05, 0) is 57.0 Å². The lowest BCUT2D eigenvalue weighted by molar-refractivity contribution is 0.250. The number of carbonyl (C=O) groups is 2. The summed E-state index contributed by atoms with van der Waals surface area (Å²) in [5.74, 6) is 0. The molecule has 8 heteroatoms. The second-order valence-corrected chi connectivity index (χ2v) is 6.13. The maximum absolute atomic E-state index is 12.3. The first-order valence-electron chi connectivity index (χ1n) is 8.12. The molecule has 0 aliphatic heterocycles. The first kappa shape index (κ1) is 17.4. The van der Waals surface area contributed by atoms with Crippen molar-refractivity contribution in [1.29, 1.82) is 0 Å². The molecule has 0 aliphatic rings. The van der Waals surface area contributed by atoms with Crippen molar-refractivity contribution in [3.8, 4) is 0 Å². The SMILES string of the molecule is Cc1cn(C(=O)Nc2cccc(NC(=O)n3cc(C)c(C)n3)c2)nc1C. The monoisotopic (exact) mass is 352 g/mol. The maximum Gasteiger partial charge on any atom is 0.346 e. The van der Waals surface area contributed by atoms with E-state index in [1.54, 1.807) is 36.7 Å². The van der Waals surface area contributed by atoms with E-state index in [4.69, 9.17) is 0 Å². The van der Waals surface area contributed by atoms with Crippen molar-refractivity contribution in [2.45, 2.75) is 27.7 Å². The summed E-state index contributed by atoms with van der Waals surface area (Å²) in [5, 5.41) is 13.8. The summed E-state index contributed by atoms with van der Waals surface area (Å²) >= 11 is 0. The van der Waals surface area contributed by atoms with Gasteiger partial charge in [-0.25, -0.2) is 9.59 Å². The minimum atomic E-state index is -0.372. The third-order valence-corrected chi connectivity index (χ3v) is 4.07. The van der Waals surface area contributed by atoms with Crippen LogP contribution >= 0.6 is 0 Å². The zero-order valence-corrected chi connectivity index (χ0v) is 15.1. The highest BCUT2D eigenvalue weighted by molar-refractivity contribution is 5.93. The summed E-state index contributed by atoms with van der Waals surface area (Å²) < 4.78 is 2.51. The molecule has 0 saturated carbocycles. The van der Waals surface area contributed by atoms with Crippen molar-refractivity contribution in [1.82, 2.24) is 19.6 Å². The van der Waals surface area contributed by atoms with Crippen molar-refractivity contribution in [3.63, 3.8) is 0 Å². The predicted molar refractivity (Wildman–Crippen MR) is 98.7 cm³/mol. The van der Waals surface area contributed by atoms with Crippen LogP contribution in [0.25, 0.3) is 0 Å². The third-order valence-electron chi connectivity index (χ3n) is 4.07.